The highest BCUT2D eigenvalue weighted by atomic mass is 32.2. The van der Waals surface area contributed by atoms with Crippen LogP contribution in [0, 0.1) is 0 Å². The lowest BCUT2D eigenvalue weighted by Gasteiger charge is -2.28. The van der Waals surface area contributed by atoms with Gasteiger partial charge >= 0.3 is 0 Å². The Kier molecular flexibility index (Phi) is 5.49. The maximum atomic E-state index is 12.9. The fraction of sp³-hybridized carbons (Fsp3) is 0.611. The van der Waals surface area contributed by atoms with Crippen molar-refractivity contribution in [3.05, 3.63) is 35.4 Å². The Morgan fingerprint density at radius 3 is 2.74 bits per heavy atom. The topological polar surface area (TPSA) is 40.6 Å². The lowest BCUT2D eigenvalue weighted by atomic mass is 10.1. The molecule has 0 aromatic heterocycles. The van der Waals surface area contributed by atoms with Crippen LogP contribution in [0.4, 0.5) is 0 Å². The zero-order chi connectivity index (χ0) is 16.2. The molecule has 1 aromatic rings. The predicted octanol–water partition coefficient (Wildman–Crippen LogP) is 2.27. The number of likely N-dealkylation sites (tertiary alicyclic amines) is 2. The van der Waals surface area contributed by atoms with E-state index >= 15 is 0 Å². The van der Waals surface area contributed by atoms with E-state index < -0.39 is 10.8 Å². The lowest BCUT2D eigenvalue weighted by molar-refractivity contribution is 0.0708. The molecule has 3 rings (SSSR count). The second kappa shape index (κ2) is 7.58. The fourth-order valence-electron chi connectivity index (χ4n) is 3.75. The molecular formula is C18H26N2O2S. The highest BCUT2D eigenvalue weighted by molar-refractivity contribution is 7.83. The molecule has 2 saturated heterocycles. The Morgan fingerprint density at radius 1 is 1.22 bits per heavy atom. The molecule has 2 fully saturated rings. The third-order valence-corrected chi connectivity index (χ3v) is 5.59. The van der Waals surface area contributed by atoms with Crippen molar-refractivity contribution in [1.82, 2.24) is 9.80 Å². The Bertz CT molecular complexity index is 584. The van der Waals surface area contributed by atoms with Gasteiger partial charge in [-0.2, -0.15) is 0 Å². The van der Waals surface area contributed by atoms with E-state index in [0.717, 1.165) is 37.1 Å². The van der Waals surface area contributed by atoms with Gasteiger partial charge in [-0.1, -0.05) is 12.1 Å². The van der Waals surface area contributed by atoms with Gasteiger partial charge in [-0.15, -0.1) is 0 Å². The zero-order valence-electron chi connectivity index (χ0n) is 13.9. The van der Waals surface area contributed by atoms with Crippen LogP contribution in [0.1, 0.15) is 41.6 Å². The summed E-state index contributed by atoms with van der Waals surface area (Å²) in [5.74, 6) is 0.647. The van der Waals surface area contributed by atoms with E-state index in [1.165, 1.54) is 25.9 Å². The van der Waals surface area contributed by atoms with Crippen LogP contribution in [0.15, 0.2) is 24.3 Å². The standard InChI is InChI=1S/C18H26N2O2S/c1-23(22)14-15-6-4-7-16(12-15)18(21)20-11-5-8-17(20)13-19-9-2-3-10-19/h4,6-7,12,17H,2-3,5,8-11,13-14H2,1H3. The summed E-state index contributed by atoms with van der Waals surface area (Å²) in [7, 11) is -0.882. The fourth-order valence-corrected chi connectivity index (χ4v) is 4.40. The van der Waals surface area contributed by atoms with E-state index in [0.29, 0.717) is 11.8 Å². The van der Waals surface area contributed by atoms with Gasteiger partial charge in [0.05, 0.1) is 0 Å². The predicted molar refractivity (Wildman–Crippen MR) is 93.9 cm³/mol. The summed E-state index contributed by atoms with van der Waals surface area (Å²) in [5.41, 5.74) is 1.72. The van der Waals surface area contributed by atoms with Gasteiger partial charge in [0.1, 0.15) is 0 Å². The van der Waals surface area contributed by atoms with Gasteiger partial charge in [-0.25, -0.2) is 0 Å². The largest absolute Gasteiger partial charge is 0.334 e. The molecule has 2 aliphatic heterocycles. The first-order chi connectivity index (χ1) is 11.1. The maximum absolute atomic E-state index is 12.9. The first-order valence-corrected chi connectivity index (χ1v) is 10.3. The van der Waals surface area contributed by atoms with Crippen molar-refractivity contribution in [2.75, 3.05) is 32.4 Å². The van der Waals surface area contributed by atoms with Crippen LogP contribution in [-0.2, 0) is 16.6 Å². The van der Waals surface area contributed by atoms with Crippen LogP contribution in [0.2, 0.25) is 0 Å². The Balaban J connectivity index is 1.69. The molecule has 0 saturated carbocycles. The van der Waals surface area contributed by atoms with Crippen molar-refractivity contribution in [2.24, 2.45) is 0 Å². The smallest absolute Gasteiger partial charge is 0.254 e. The first-order valence-electron chi connectivity index (χ1n) is 8.56. The number of benzene rings is 1. The van der Waals surface area contributed by atoms with Crippen molar-refractivity contribution in [2.45, 2.75) is 37.5 Å². The molecule has 2 atom stereocenters. The molecule has 2 unspecified atom stereocenters. The average Bonchev–Trinajstić information content (AvgIpc) is 3.18. The van der Waals surface area contributed by atoms with Crippen LogP contribution in [-0.4, -0.2) is 58.4 Å². The third-order valence-electron chi connectivity index (χ3n) is 4.85. The van der Waals surface area contributed by atoms with E-state index in [1.54, 1.807) is 6.26 Å². The van der Waals surface area contributed by atoms with E-state index in [2.05, 4.69) is 9.80 Å². The zero-order valence-corrected chi connectivity index (χ0v) is 14.7. The maximum Gasteiger partial charge on any atom is 0.254 e. The summed E-state index contributed by atoms with van der Waals surface area (Å²) < 4.78 is 11.4. The van der Waals surface area contributed by atoms with Crippen molar-refractivity contribution in [3.63, 3.8) is 0 Å². The number of amides is 1. The highest BCUT2D eigenvalue weighted by Crippen LogP contribution is 2.23. The molecule has 0 spiro atoms. The molecule has 0 bridgehead atoms. The van der Waals surface area contributed by atoms with Crippen LogP contribution < -0.4 is 0 Å². The SMILES string of the molecule is CS(=O)Cc1cccc(C(=O)N2CCCC2CN2CCCC2)c1. The summed E-state index contributed by atoms with van der Waals surface area (Å²) in [6.07, 6.45) is 6.48. The first kappa shape index (κ1) is 16.7. The Morgan fingerprint density at radius 2 is 2.00 bits per heavy atom. The monoisotopic (exact) mass is 334 g/mol. The summed E-state index contributed by atoms with van der Waals surface area (Å²) in [5, 5.41) is 0. The lowest BCUT2D eigenvalue weighted by Crippen LogP contribution is -2.42. The summed E-state index contributed by atoms with van der Waals surface area (Å²) in [6.45, 7) is 4.23. The molecule has 2 heterocycles. The number of hydrogen-bond donors (Lipinski definition) is 0. The second-order valence-electron chi connectivity index (χ2n) is 6.72. The number of rotatable bonds is 5. The van der Waals surface area contributed by atoms with Crippen LogP contribution in [0.25, 0.3) is 0 Å². The molecular weight excluding hydrogens is 308 g/mol. The number of carbonyl (C=O) groups is 1. The van der Waals surface area contributed by atoms with Crippen molar-refractivity contribution in [3.8, 4) is 0 Å². The van der Waals surface area contributed by atoms with Crippen LogP contribution >= 0.6 is 0 Å². The summed E-state index contributed by atoms with van der Waals surface area (Å²) in [6, 6.07) is 8.00. The van der Waals surface area contributed by atoms with E-state index in [1.807, 2.05) is 24.3 Å². The van der Waals surface area contributed by atoms with Crippen LogP contribution in [0.3, 0.4) is 0 Å². The third kappa shape index (κ3) is 4.21. The normalized spacial score (nSPS) is 23.3. The quantitative estimate of drug-likeness (QED) is 0.829. The summed E-state index contributed by atoms with van der Waals surface area (Å²) in [4.78, 5) is 17.4. The summed E-state index contributed by atoms with van der Waals surface area (Å²) >= 11 is 0. The van der Waals surface area contributed by atoms with E-state index in [-0.39, 0.29) is 5.91 Å². The molecule has 5 heteroatoms. The molecule has 4 nitrogen and oxygen atoms in total. The molecule has 0 aliphatic carbocycles. The average molecular weight is 334 g/mol. The minimum Gasteiger partial charge on any atom is -0.334 e. The molecule has 1 amide bonds. The molecule has 0 radical (unpaired) electrons. The molecule has 2 aliphatic rings. The Hall–Kier alpha value is -1.20. The number of nitrogens with zero attached hydrogens (tertiary/aromatic N) is 2. The van der Waals surface area contributed by atoms with Crippen molar-refractivity contribution < 1.29 is 9.00 Å². The minimum absolute atomic E-state index is 0.135. The van der Waals surface area contributed by atoms with E-state index in [9.17, 15) is 9.00 Å². The number of hydrogen-bond acceptors (Lipinski definition) is 3. The number of carbonyl (C=O) groups excluding carboxylic acids is 1. The van der Waals surface area contributed by atoms with E-state index in [4.69, 9.17) is 0 Å². The molecule has 1 aromatic carbocycles. The van der Waals surface area contributed by atoms with Crippen molar-refractivity contribution in [1.29, 1.82) is 0 Å². The molecule has 23 heavy (non-hydrogen) atoms. The van der Waals surface area contributed by atoms with Gasteiger partial charge < -0.3 is 9.80 Å². The van der Waals surface area contributed by atoms with Gasteiger partial charge in [0.2, 0.25) is 0 Å². The molecule has 0 N–H and O–H groups in total. The molecule has 126 valence electrons. The highest BCUT2D eigenvalue weighted by Gasteiger charge is 2.31. The van der Waals surface area contributed by atoms with Gasteiger partial charge in [0, 0.05) is 47.5 Å². The van der Waals surface area contributed by atoms with Gasteiger partial charge in [0.25, 0.3) is 5.91 Å². The second-order valence-corrected chi connectivity index (χ2v) is 8.16. The minimum atomic E-state index is -0.882. The van der Waals surface area contributed by atoms with Crippen LogP contribution in [0.5, 0.6) is 0 Å². The van der Waals surface area contributed by atoms with Gasteiger partial charge in [-0.3, -0.25) is 9.00 Å². The Labute approximate surface area is 141 Å². The van der Waals surface area contributed by atoms with Crippen molar-refractivity contribution >= 4 is 16.7 Å². The van der Waals surface area contributed by atoms with Gasteiger partial charge in [0.15, 0.2) is 0 Å². The van der Waals surface area contributed by atoms with Gasteiger partial charge in [-0.05, 0) is 56.5 Å².